The second kappa shape index (κ2) is 11.7. The van der Waals surface area contributed by atoms with Crippen molar-refractivity contribution in [2.75, 3.05) is 7.11 Å². The lowest BCUT2D eigenvalue weighted by Crippen LogP contribution is -2.63. The Morgan fingerprint density at radius 2 is 1.40 bits per heavy atom. The molecule has 0 amide bonds. The Labute approximate surface area is 239 Å². The molecule has 2 aliphatic heterocycles. The highest BCUT2D eigenvalue weighted by Crippen LogP contribution is 2.42. The van der Waals surface area contributed by atoms with Crippen LogP contribution in [0.1, 0.15) is 13.8 Å². The Morgan fingerprint density at radius 3 is 2.12 bits per heavy atom. The molecule has 42 heavy (non-hydrogen) atoms. The van der Waals surface area contributed by atoms with Gasteiger partial charge in [0, 0.05) is 18.2 Å². The Bertz CT molecular complexity index is 1430. The Hall–Kier alpha value is -3.47. The molecule has 1 aromatic heterocycles. The minimum absolute atomic E-state index is 0.0439. The van der Waals surface area contributed by atoms with Gasteiger partial charge in [-0.15, -0.1) is 0 Å². The summed E-state index contributed by atoms with van der Waals surface area (Å²) in [4.78, 5) is 0. The summed E-state index contributed by atoms with van der Waals surface area (Å²) in [6.07, 6.45) is -13.9. The SMILES string of the molecule is COc1cc(-c2[o+]c3cc(O)cc(O)c3cc2O[C@@H]2O[C@@H](C)[C@H](O[C@@H]3O[C@@H](C)[C@H](O)[C@@H](O)[C@H]3O)[C@@H](O)[C@H]2O)ccc1O. The second-order valence-corrected chi connectivity index (χ2v) is 10.3. The van der Waals surface area contributed by atoms with Gasteiger partial charge >= 0.3 is 11.3 Å². The van der Waals surface area contributed by atoms with E-state index in [4.69, 9.17) is 28.1 Å². The van der Waals surface area contributed by atoms with E-state index in [-0.39, 0.29) is 45.5 Å². The molecule has 10 atom stereocenters. The van der Waals surface area contributed by atoms with Crippen LogP contribution in [-0.4, -0.2) is 109 Å². The third kappa shape index (κ3) is 5.50. The van der Waals surface area contributed by atoms with Crippen LogP contribution in [0.2, 0.25) is 0 Å². The quantitative estimate of drug-likeness (QED) is 0.183. The van der Waals surface area contributed by atoms with E-state index in [0.717, 1.165) is 6.07 Å². The molecular formula is C28H33O14+. The fourth-order valence-corrected chi connectivity index (χ4v) is 4.99. The monoisotopic (exact) mass is 593 g/mol. The van der Waals surface area contributed by atoms with Crippen LogP contribution in [0.4, 0.5) is 0 Å². The zero-order valence-electron chi connectivity index (χ0n) is 22.8. The summed E-state index contributed by atoms with van der Waals surface area (Å²) in [5.41, 5.74) is 0.434. The zero-order valence-corrected chi connectivity index (χ0v) is 22.8. The summed E-state index contributed by atoms with van der Waals surface area (Å²) >= 11 is 0. The first-order chi connectivity index (χ1) is 19.9. The Morgan fingerprint density at radius 1 is 0.714 bits per heavy atom. The maximum atomic E-state index is 11.0. The number of methoxy groups -OCH3 is 1. The highest BCUT2D eigenvalue weighted by Gasteiger charge is 2.50. The number of aliphatic hydroxyl groups is 5. The van der Waals surface area contributed by atoms with E-state index in [1.54, 1.807) is 0 Å². The van der Waals surface area contributed by atoms with Crippen LogP contribution >= 0.6 is 0 Å². The van der Waals surface area contributed by atoms with E-state index < -0.39 is 61.4 Å². The minimum atomic E-state index is -1.72. The maximum Gasteiger partial charge on any atom is 0.402 e. The molecule has 0 aliphatic carbocycles. The zero-order chi connectivity index (χ0) is 30.5. The molecule has 0 bridgehead atoms. The van der Waals surface area contributed by atoms with Gasteiger partial charge in [-0.05, 0) is 26.0 Å². The number of benzene rings is 2. The van der Waals surface area contributed by atoms with Crippen molar-refractivity contribution in [2.45, 2.75) is 75.3 Å². The number of hydrogen-bond donors (Lipinski definition) is 8. The molecule has 2 aromatic carbocycles. The number of aromatic hydroxyl groups is 3. The fourth-order valence-electron chi connectivity index (χ4n) is 4.99. The van der Waals surface area contributed by atoms with Gasteiger partial charge in [0.2, 0.25) is 12.0 Å². The van der Waals surface area contributed by atoms with Gasteiger partial charge < -0.3 is 64.5 Å². The van der Waals surface area contributed by atoms with Crippen LogP contribution in [-0.2, 0) is 14.2 Å². The largest absolute Gasteiger partial charge is 0.507 e. The lowest BCUT2D eigenvalue weighted by atomic mass is 9.97. The van der Waals surface area contributed by atoms with Crippen molar-refractivity contribution in [1.29, 1.82) is 0 Å². The average Bonchev–Trinajstić information content (AvgIpc) is 2.95. The third-order valence-corrected chi connectivity index (χ3v) is 7.38. The topological polar surface area (TPSA) is 219 Å². The summed E-state index contributed by atoms with van der Waals surface area (Å²) in [5.74, 6) is -0.613. The van der Waals surface area contributed by atoms with Gasteiger partial charge in [-0.2, -0.15) is 0 Å². The van der Waals surface area contributed by atoms with Gasteiger partial charge in [-0.3, -0.25) is 0 Å². The van der Waals surface area contributed by atoms with Gasteiger partial charge in [0.25, 0.3) is 0 Å². The molecule has 0 radical (unpaired) electrons. The summed E-state index contributed by atoms with van der Waals surface area (Å²) < 4.78 is 34.1. The van der Waals surface area contributed by atoms with Crippen molar-refractivity contribution in [2.24, 2.45) is 0 Å². The van der Waals surface area contributed by atoms with E-state index in [2.05, 4.69) is 0 Å². The van der Waals surface area contributed by atoms with E-state index in [9.17, 15) is 40.9 Å². The molecule has 14 nitrogen and oxygen atoms in total. The molecule has 3 heterocycles. The molecule has 5 rings (SSSR count). The molecule has 14 heteroatoms. The van der Waals surface area contributed by atoms with Crippen molar-refractivity contribution in [1.82, 2.24) is 0 Å². The molecule has 2 aliphatic rings. The first-order valence-electron chi connectivity index (χ1n) is 13.1. The van der Waals surface area contributed by atoms with Gasteiger partial charge in [-0.25, -0.2) is 4.42 Å². The third-order valence-electron chi connectivity index (χ3n) is 7.38. The number of ether oxygens (including phenoxy) is 5. The number of aliphatic hydroxyl groups excluding tert-OH is 5. The molecule has 3 aromatic rings. The molecule has 2 fully saturated rings. The number of phenolic OH excluding ortho intramolecular Hbond substituents is 3. The summed E-state index contributed by atoms with van der Waals surface area (Å²) in [5, 5.41) is 82.9. The molecule has 2 saturated heterocycles. The van der Waals surface area contributed by atoms with E-state index in [0.29, 0.717) is 5.56 Å². The smallest absolute Gasteiger partial charge is 0.402 e. The van der Waals surface area contributed by atoms with Gasteiger partial charge in [0.05, 0.1) is 30.9 Å². The van der Waals surface area contributed by atoms with Crippen molar-refractivity contribution in [3.05, 3.63) is 36.4 Å². The van der Waals surface area contributed by atoms with E-state index >= 15 is 0 Å². The van der Waals surface area contributed by atoms with Crippen molar-refractivity contribution in [3.63, 3.8) is 0 Å². The van der Waals surface area contributed by atoms with Crippen molar-refractivity contribution < 1.29 is 69.0 Å². The lowest BCUT2D eigenvalue weighted by Gasteiger charge is -2.45. The molecule has 0 unspecified atom stereocenters. The van der Waals surface area contributed by atoms with Gasteiger partial charge in [0.15, 0.2) is 17.8 Å². The number of phenols is 3. The lowest BCUT2D eigenvalue weighted by molar-refractivity contribution is -0.345. The molecule has 0 saturated carbocycles. The van der Waals surface area contributed by atoms with E-state index in [1.165, 1.54) is 51.3 Å². The summed E-state index contributed by atoms with van der Waals surface area (Å²) in [6, 6.07) is 8.08. The Kier molecular flexibility index (Phi) is 8.33. The number of fused-ring (bicyclic) bond motifs is 1. The molecule has 228 valence electrons. The Balaban J connectivity index is 1.45. The maximum absolute atomic E-state index is 11.0. The predicted molar refractivity (Wildman–Crippen MR) is 142 cm³/mol. The minimum Gasteiger partial charge on any atom is -0.507 e. The van der Waals surface area contributed by atoms with Crippen LogP contribution in [0.5, 0.6) is 28.7 Å². The van der Waals surface area contributed by atoms with Gasteiger partial charge in [0.1, 0.15) is 53.5 Å². The average molecular weight is 594 g/mol. The normalized spacial score (nSPS) is 33.4. The standard InChI is InChI=1S/C28H32O14/c1-10-20(32)21(33)23(35)28(38-10)42-25-11(2)39-27(24(36)22(25)34)41-19-9-14-16(31)7-13(29)8-17(14)40-26(19)12-4-5-15(30)18(6-12)37-3/h4-11,20-25,27-28,32-36H,1-3H3,(H2-,29,30,31)/p+1/t10-,11-,20-,21+,22-,23+,24+,25-,27-,28-/m0/s1. The number of rotatable bonds is 6. The van der Waals surface area contributed by atoms with Crippen LogP contribution < -0.4 is 9.47 Å². The number of hydrogen-bond acceptors (Lipinski definition) is 13. The first-order valence-corrected chi connectivity index (χ1v) is 13.1. The predicted octanol–water partition coefficient (Wildman–Crippen LogP) is 0.564. The summed E-state index contributed by atoms with van der Waals surface area (Å²) in [7, 11) is 1.36. The molecule has 0 spiro atoms. The first kappa shape index (κ1) is 30.0. The molecule has 8 N–H and O–H groups in total. The summed E-state index contributed by atoms with van der Waals surface area (Å²) in [6.45, 7) is 2.99. The van der Waals surface area contributed by atoms with Crippen LogP contribution in [0.15, 0.2) is 40.8 Å². The highest BCUT2D eigenvalue weighted by atomic mass is 16.7. The highest BCUT2D eigenvalue weighted by molar-refractivity contribution is 5.88. The fraction of sp³-hybridized carbons (Fsp3) is 0.464. The van der Waals surface area contributed by atoms with E-state index in [1.807, 2.05) is 0 Å². The van der Waals surface area contributed by atoms with Gasteiger partial charge in [-0.1, -0.05) is 0 Å². The van der Waals surface area contributed by atoms with Crippen molar-refractivity contribution >= 4 is 11.0 Å². The van der Waals surface area contributed by atoms with Crippen LogP contribution in [0.25, 0.3) is 22.3 Å². The van der Waals surface area contributed by atoms with Crippen LogP contribution in [0.3, 0.4) is 0 Å². The second-order valence-electron chi connectivity index (χ2n) is 10.3. The molecular weight excluding hydrogens is 560 g/mol. The van der Waals surface area contributed by atoms with Crippen molar-refractivity contribution in [3.8, 4) is 40.1 Å². The van der Waals surface area contributed by atoms with Crippen LogP contribution in [0, 0.1) is 0 Å².